The van der Waals surface area contributed by atoms with Crippen LogP contribution in [0.2, 0.25) is 0 Å². The molecule has 0 atom stereocenters. The van der Waals surface area contributed by atoms with Gasteiger partial charge in [0.1, 0.15) is 23.4 Å². The Labute approximate surface area is 227 Å². The number of aromatic amines is 1. The summed E-state index contributed by atoms with van der Waals surface area (Å²) in [6.45, 7) is 9.96. The largest absolute Gasteiger partial charge is 0.493 e. The summed E-state index contributed by atoms with van der Waals surface area (Å²) in [5.41, 5.74) is 1.52. The second-order valence-electron chi connectivity index (χ2n) is 10.4. The number of H-pyrrole nitrogens is 1. The third-order valence-electron chi connectivity index (χ3n) is 6.84. The van der Waals surface area contributed by atoms with Crippen molar-refractivity contribution in [3.8, 4) is 17.1 Å². The summed E-state index contributed by atoms with van der Waals surface area (Å²) < 4.78 is 38.2. The summed E-state index contributed by atoms with van der Waals surface area (Å²) in [5.74, 6) is 1.07. The average Bonchev–Trinajstić information content (AvgIpc) is 3.58. The van der Waals surface area contributed by atoms with E-state index in [1.807, 2.05) is 20.8 Å². The van der Waals surface area contributed by atoms with E-state index in [2.05, 4.69) is 24.8 Å². The fourth-order valence-electron chi connectivity index (χ4n) is 4.94. The SMILES string of the molecule is CCCOc1ccc(S(=O)(=O)NCCN2CCCCC2)cc1-c1nc2c([nH]1)c1nncn1c(=O)n2CC(C)C. The van der Waals surface area contributed by atoms with Crippen molar-refractivity contribution in [2.45, 2.75) is 57.9 Å². The van der Waals surface area contributed by atoms with E-state index >= 15 is 0 Å². The van der Waals surface area contributed by atoms with Crippen LogP contribution in [-0.2, 0) is 16.6 Å². The number of fused-ring (bicyclic) bond motifs is 3. The molecule has 3 aromatic heterocycles. The lowest BCUT2D eigenvalue weighted by Gasteiger charge is -2.26. The fraction of sp³-hybridized carbons (Fsp3) is 0.538. The van der Waals surface area contributed by atoms with E-state index in [9.17, 15) is 13.2 Å². The Kier molecular flexibility index (Phi) is 8.01. The summed E-state index contributed by atoms with van der Waals surface area (Å²) in [6.07, 6.45) is 5.70. The first-order chi connectivity index (χ1) is 18.8. The van der Waals surface area contributed by atoms with Crippen LogP contribution in [0, 0.1) is 5.92 Å². The minimum atomic E-state index is -3.77. The third kappa shape index (κ3) is 5.70. The summed E-state index contributed by atoms with van der Waals surface area (Å²) >= 11 is 0. The highest BCUT2D eigenvalue weighted by molar-refractivity contribution is 7.89. The zero-order valence-corrected chi connectivity index (χ0v) is 23.5. The van der Waals surface area contributed by atoms with E-state index < -0.39 is 10.0 Å². The Balaban J connectivity index is 1.54. The van der Waals surface area contributed by atoms with E-state index in [4.69, 9.17) is 9.72 Å². The van der Waals surface area contributed by atoms with Gasteiger partial charge in [-0.1, -0.05) is 27.2 Å². The van der Waals surface area contributed by atoms with Gasteiger partial charge in [0.2, 0.25) is 10.0 Å². The predicted molar refractivity (Wildman–Crippen MR) is 148 cm³/mol. The molecule has 0 saturated carbocycles. The Morgan fingerprint density at radius 1 is 1.15 bits per heavy atom. The first-order valence-corrected chi connectivity index (χ1v) is 15.1. The van der Waals surface area contributed by atoms with E-state index in [0.717, 1.165) is 32.4 Å². The van der Waals surface area contributed by atoms with Crippen molar-refractivity contribution >= 4 is 26.8 Å². The Morgan fingerprint density at radius 3 is 2.69 bits per heavy atom. The Hall–Kier alpha value is -3.29. The normalized spacial score (nSPS) is 15.1. The molecule has 0 aliphatic carbocycles. The highest BCUT2D eigenvalue weighted by Gasteiger charge is 2.23. The molecular weight excluding hydrogens is 520 g/mol. The number of ether oxygens (including phenoxy) is 1. The monoisotopic (exact) mass is 556 g/mol. The molecule has 1 aromatic carbocycles. The number of likely N-dealkylation sites (tertiary alicyclic amines) is 1. The van der Waals surface area contributed by atoms with Crippen LogP contribution in [0.4, 0.5) is 0 Å². The number of nitrogens with zero attached hydrogens (tertiary/aromatic N) is 6. The smallest absolute Gasteiger partial charge is 0.336 e. The van der Waals surface area contributed by atoms with Crippen LogP contribution in [0.15, 0.2) is 34.2 Å². The fourth-order valence-corrected chi connectivity index (χ4v) is 5.99. The van der Waals surface area contributed by atoms with Gasteiger partial charge in [-0.15, -0.1) is 10.2 Å². The molecular formula is C26H36N8O4S. The summed E-state index contributed by atoms with van der Waals surface area (Å²) in [6, 6.07) is 4.77. The standard InChI is InChI=1S/C26H36N8O4S/c1-4-14-38-21-9-8-19(39(36,37)28-10-13-32-11-6-5-7-12-32)15-20(21)23-29-22-24(30-23)33(16-18(2)3)26(35)34-17-27-31-25(22)34/h8-9,15,17-18,28H,4-7,10-14,16H2,1-3H3,(H,29,30). The van der Waals surface area contributed by atoms with Crippen LogP contribution in [0.3, 0.4) is 0 Å². The van der Waals surface area contributed by atoms with Gasteiger partial charge in [-0.2, -0.15) is 0 Å². The van der Waals surface area contributed by atoms with Crippen molar-refractivity contribution in [1.82, 2.24) is 38.8 Å². The van der Waals surface area contributed by atoms with Crippen LogP contribution < -0.4 is 15.1 Å². The van der Waals surface area contributed by atoms with Crippen molar-refractivity contribution < 1.29 is 13.2 Å². The molecule has 210 valence electrons. The molecule has 1 aliphatic heterocycles. The molecule has 39 heavy (non-hydrogen) atoms. The zero-order chi connectivity index (χ0) is 27.6. The zero-order valence-electron chi connectivity index (χ0n) is 22.7. The Morgan fingerprint density at radius 2 is 1.95 bits per heavy atom. The van der Waals surface area contributed by atoms with Gasteiger partial charge in [-0.25, -0.2) is 27.3 Å². The van der Waals surface area contributed by atoms with Gasteiger partial charge >= 0.3 is 5.69 Å². The van der Waals surface area contributed by atoms with Crippen molar-refractivity contribution in [3.05, 3.63) is 35.0 Å². The summed E-state index contributed by atoms with van der Waals surface area (Å²) in [4.78, 5) is 23.6. The third-order valence-corrected chi connectivity index (χ3v) is 8.30. The van der Waals surface area contributed by atoms with Gasteiger partial charge in [0, 0.05) is 19.6 Å². The quantitative estimate of drug-likeness (QED) is 0.287. The lowest BCUT2D eigenvalue weighted by molar-refractivity contribution is 0.233. The lowest BCUT2D eigenvalue weighted by atomic mass is 10.1. The molecule has 0 spiro atoms. The maximum absolute atomic E-state index is 13.2. The first-order valence-electron chi connectivity index (χ1n) is 13.6. The number of piperidine rings is 1. The van der Waals surface area contributed by atoms with Crippen molar-refractivity contribution in [1.29, 1.82) is 0 Å². The number of rotatable bonds is 11. The van der Waals surface area contributed by atoms with Gasteiger partial charge in [-0.3, -0.25) is 4.57 Å². The van der Waals surface area contributed by atoms with Gasteiger partial charge in [0.25, 0.3) is 0 Å². The van der Waals surface area contributed by atoms with Crippen LogP contribution >= 0.6 is 0 Å². The van der Waals surface area contributed by atoms with Crippen LogP contribution in [-0.4, -0.2) is 75.2 Å². The number of hydrogen-bond acceptors (Lipinski definition) is 8. The van der Waals surface area contributed by atoms with E-state index in [-0.39, 0.29) is 16.5 Å². The molecule has 1 aliphatic rings. The van der Waals surface area contributed by atoms with E-state index in [1.165, 1.54) is 17.1 Å². The molecule has 13 heteroatoms. The highest BCUT2D eigenvalue weighted by atomic mass is 32.2. The second-order valence-corrected chi connectivity index (χ2v) is 12.2. The van der Waals surface area contributed by atoms with Crippen LogP contribution in [0.1, 0.15) is 46.5 Å². The van der Waals surface area contributed by atoms with Gasteiger partial charge in [-0.05, 0) is 56.5 Å². The average molecular weight is 557 g/mol. The topological polar surface area (TPSA) is 140 Å². The van der Waals surface area contributed by atoms with E-state index in [1.54, 1.807) is 22.8 Å². The molecule has 0 bridgehead atoms. The van der Waals surface area contributed by atoms with Gasteiger partial charge in [0.05, 0.1) is 17.1 Å². The molecule has 4 heterocycles. The van der Waals surface area contributed by atoms with E-state index in [0.29, 0.717) is 60.2 Å². The van der Waals surface area contributed by atoms with Crippen molar-refractivity contribution in [2.24, 2.45) is 5.92 Å². The molecule has 1 saturated heterocycles. The molecule has 1 fully saturated rings. The maximum atomic E-state index is 13.2. The molecule has 12 nitrogen and oxygen atoms in total. The minimum Gasteiger partial charge on any atom is -0.493 e. The molecule has 5 rings (SSSR count). The lowest BCUT2D eigenvalue weighted by Crippen LogP contribution is -2.37. The number of aromatic nitrogens is 6. The minimum absolute atomic E-state index is 0.118. The molecule has 0 unspecified atom stereocenters. The number of imidazole rings is 1. The van der Waals surface area contributed by atoms with Crippen LogP contribution in [0.5, 0.6) is 5.75 Å². The maximum Gasteiger partial charge on any atom is 0.336 e. The number of nitrogens with one attached hydrogen (secondary N) is 2. The summed E-state index contributed by atoms with van der Waals surface area (Å²) in [5, 5.41) is 8.04. The molecule has 0 radical (unpaired) electrons. The highest BCUT2D eigenvalue weighted by Crippen LogP contribution is 2.32. The number of sulfonamides is 1. The first kappa shape index (κ1) is 27.3. The summed E-state index contributed by atoms with van der Waals surface area (Å²) in [7, 11) is -3.77. The second kappa shape index (κ2) is 11.4. The van der Waals surface area contributed by atoms with Crippen molar-refractivity contribution in [2.75, 3.05) is 32.8 Å². The predicted octanol–water partition coefficient (Wildman–Crippen LogP) is 2.64. The van der Waals surface area contributed by atoms with Crippen molar-refractivity contribution in [3.63, 3.8) is 0 Å². The number of hydrogen-bond donors (Lipinski definition) is 2. The molecule has 4 aromatic rings. The molecule has 0 amide bonds. The van der Waals surface area contributed by atoms with Gasteiger partial charge in [0.15, 0.2) is 11.3 Å². The van der Waals surface area contributed by atoms with Gasteiger partial charge < -0.3 is 14.6 Å². The van der Waals surface area contributed by atoms with Crippen LogP contribution in [0.25, 0.3) is 28.2 Å². The molecule has 2 N–H and O–H groups in total. The Bertz CT molecular complexity index is 1620. The number of benzene rings is 1.